The van der Waals surface area contributed by atoms with Crippen molar-refractivity contribution in [2.24, 2.45) is 5.16 Å². The molecule has 7 heteroatoms. The largest absolute Gasteiger partial charge is 0.410 e. The Bertz CT molecular complexity index is 787. The van der Waals surface area contributed by atoms with Gasteiger partial charge < -0.3 is 10.9 Å². The zero-order chi connectivity index (χ0) is 14.4. The highest BCUT2D eigenvalue weighted by Gasteiger charge is 2.28. The van der Waals surface area contributed by atoms with Crippen LogP contribution >= 0.6 is 15.9 Å². The summed E-state index contributed by atoms with van der Waals surface area (Å²) in [5.74, 6) is 0. The molecule has 1 aliphatic carbocycles. The molecule has 20 heavy (non-hydrogen) atoms. The topological polar surface area (TPSA) is 102 Å². The molecule has 3 rings (SSSR count). The van der Waals surface area contributed by atoms with Gasteiger partial charge in [0.2, 0.25) is 0 Å². The van der Waals surface area contributed by atoms with Gasteiger partial charge in [0, 0.05) is 33.4 Å². The Balaban J connectivity index is 2.32. The molecule has 0 bridgehead atoms. The SMILES string of the molecule is Nc1cc2c(cc1Br)-c1ccc([N+](=O)[O-])cc1/C2=N/O. The van der Waals surface area contributed by atoms with Gasteiger partial charge in [0.25, 0.3) is 5.69 Å². The molecule has 1 aliphatic rings. The highest BCUT2D eigenvalue weighted by Crippen LogP contribution is 2.41. The van der Waals surface area contributed by atoms with Crippen LogP contribution in [0.4, 0.5) is 11.4 Å². The first-order chi connectivity index (χ1) is 9.52. The van der Waals surface area contributed by atoms with Gasteiger partial charge in [0.05, 0.1) is 4.92 Å². The summed E-state index contributed by atoms with van der Waals surface area (Å²) >= 11 is 3.34. The summed E-state index contributed by atoms with van der Waals surface area (Å²) in [4.78, 5) is 10.4. The minimum Gasteiger partial charge on any atom is -0.410 e. The van der Waals surface area contributed by atoms with Crippen molar-refractivity contribution in [2.75, 3.05) is 5.73 Å². The number of halogens is 1. The number of nitro benzene ring substituents is 1. The Morgan fingerprint density at radius 2 is 1.85 bits per heavy atom. The van der Waals surface area contributed by atoms with Crippen molar-refractivity contribution < 1.29 is 10.1 Å². The second kappa shape index (κ2) is 4.31. The minimum atomic E-state index is -0.484. The Morgan fingerprint density at radius 1 is 1.15 bits per heavy atom. The molecule has 0 radical (unpaired) electrons. The van der Waals surface area contributed by atoms with Gasteiger partial charge >= 0.3 is 0 Å². The van der Waals surface area contributed by atoms with Gasteiger partial charge in [0.15, 0.2) is 0 Å². The average Bonchev–Trinajstić information content (AvgIpc) is 2.71. The smallest absolute Gasteiger partial charge is 0.270 e. The molecular formula is C13H8BrN3O3. The molecule has 2 aromatic carbocycles. The second-order valence-electron chi connectivity index (χ2n) is 4.35. The van der Waals surface area contributed by atoms with Crippen LogP contribution in [0, 0.1) is 10.1 Å². The first-order valence-corrected chi connectivity index (χ1v) is 6.43. The van der Waals surface area contributed by atoms with Gasteiger partial charge in [-0.25, -0.2) is 0 Å². The third-order valence-corrected chi connectivity index (χ3v) is 3.94. The Labute approximate surface area is 121 Å². The lowest BCUT2D eigenvalue weighted by Gasteiger charge is -2.04. The van der Waals surface area contributed by atoms with E-state index in [4.69, 9.17) is 5.73 Å². The Morgan fingerprint density at radius 3 is 2.50 bits per heavy atom. The van der Waals surface area contributed by atoms with Gasteiger partial charge in [-0.1, -0.05) is 5.16 Å². The molecule has 3 N–H and O–H groups in total. The first kappa shape index (κ1) is 12.6. The highest BCUT2D eigenvalue weighted by molar-refractivity contribution is 9.10. The fourth-order valence-corrected chi connectivity index (χ4v) is 2.68. The summed E-state index contributed by atoms with van der Waals surface area (Å²) in [7, 11) is 0. The van der Waals surface area contributed by atoms with Crippen LogP contribution in [0.1, 0.15) is 11.1 Å². The van der Waals surface area contributed by atoms with Gasteiger partial charge in [0.1, 0.15) is 5.71 Å². The van der Waals surface area contributed by atoms with Crippen LogP contribution in [0.3, 0.4) is 0 Å². The molecule has 0 heterocycles. The third-order valence-electron chi connectivity index (χ3n) is 3.25. The average molecular weight is 334 g/mol. The molecule has 100 valence electrons. The van der Waals surface area contributed by atoms with Crippen molar-refractivity contribution in [1.29, 1.82) is 0 Å². The van der Waals surface area contributed by atoms with E-state index in [9.17, 15) is 15.3 Å². The van der Waals surface area contributed by atoms with Crippen molar-refractivity contribution in [3.63, 3.8) is 0 Å². The van der Waals surface area contributed by atoms with Crippen LogP contribution in [0.5, 0.6) is 0 Å². The molecular weight excluding hydrogens is 326 g/mol. The molecule has 2 aromatic rings. The molecule has 0 atom stereocenters. The van der Waals surface area contributed by atoms with E-state index in [1.807, 2.05) is 6.07 Å². The van der Waals surface area contributed by atoms with E-state index in [-0.39, 0.29) is 11.4 Å². The van der Waals surface area contributed by atoms with Crippen LogP contribution in [-0.4, -0.2) is 15.8 Å². The predicted molar refractivity (Wildman–Crippen MR) is 78.1 cm³/mol. The van der Waals surface area contributed by atoms with Crippen LogP contribution in [0.2, 0.25) is 0 Å². The summed E-state index contributed by atoms with van der Waals surface area (Å²) in [6, 6.07) is 7.96. The third kappa shape index (κ3) is 1.67. The van der Waals surface area contributed by atoms with Crippen molar-refractivity contribution >= 4 is 33.0 Å². The van der Waals surface area contributed by atoms with Gasteiger partial charge in [-0.15, -0.1) is 0 Å². The molecule has 0 unspecified atom stereocenters. The Hall–Kier alpha value is -2.41. The molecule has 0 aromatic heterocycles. The predicted octanol–water partition coefficient (Wildman–Crippen LogP) is 3.15. The summed E-state index contributed by atoms with van der Waals surface area (Å²) in [6.07, 6.45) is 0. The molecule has 0 aliphatic heterocycles. The molecule has 6 nitrogen and oxygen atoms in total. The molecule has 0 saturated heterocycles. The van der Waals surface area contributed by atoms with Crippen molar-refractivity contribution in [3.05, 3.63) is 56.0 Å². The van der Waals surface area contributed by atoms with E-state index >= 15 is 0 Å². The van der Waals surface area contributed by atoms with Gasteiger partial charge in [-0.3, -0.25) is 10.1 Å². The maximum Gasteiger partial charge on any atom is 0.270 e. The summed E-state index contributed by atoms with van der Waals surface area (Å²) in [5.41, 5.74) is 9.35. The number of oxime groups is 1. The maximum absolute atomic E-state index is 10.9. The summed E-state index contributed by atoms with van der Waals surface area (Å²) < 4.78 is 0.722. The van der Waals surface area contributed by atoms with Crippen LogP contribution in [0.25, 0.3) is 11.1 Å². The number of rotatable bonds is 1. The van der Waals surface area contributed by atoms with E-state index in [0.717, 1.165) is 15.6 Å². The van der Waals surface area contributed by atoms with Crippen molar-refractivity contribution in [3.8, 4) is 11.1 Å². The number of nitrogens with zero attached hydrogens (tertiary/aromatic N) is 2. The quantitative estimate of drug-likeness (QED) is 0.309. The van der Waals surface area contributed by atoms with E-state index < -0.39 is 4.92 Å². The molecule has 0 amide bonds. The molecule has 0 saturated carbocycles. The van der Waals surface area contributed by atoms with E-state index in [2.05, 4.69) is 21.1 Å². The van der Waals surface area contributed by atoms with Crippen LogP contribution < -0.4 is 5.73 Å². The number of fused-ring (bicyclic) bond motifs is 3. The number of nitrogen functional groups attached to an aromatic ring is 1. The molecule has 0 spiro atoms. The monoisotopic (exact) mass is 333 g/mol. The lowest BCUT2D eigenvalue weighted by Crippen LogP contribution is -2.00. The Kier molecular flexibility index (Phi) is 2.72. The van der Waals surface area contributed by atoms with E-state index in [0.29, 0.717) is 16.8 Å². The second-order valence-corrected chi connectivity index (χ2v) is 5.21. The number of non-ortho nitro benzene ring substituents is 1. The van der Waals surface area contributed by atoms with Gasteiger partial charge in [-0.05, 0) is 45.3 Å². The van der Waals surface area contributed by atoms with Crippen LogP contribution in [-0.2, 0) is 0 Å². The number of hydrogen-bond acceptors (Lipinski definition) is 5. The lowest BCUT2D eigenvalue weighted by molar-refractivity contribution is -0.384. The number of anilines is 1. The minimum absolute atomic E-state index is 0.0512. The van der Waals surface area contributed by atoms with Gasteiger partial charge in [-0.2, -0.15) is 0 Å². The fraction of sp³-hybridized carbons (Fsp3) is 0. The number of benzene rings is 2. The molecule has 0 fully saturated rings. The lowest BCUT2D eigenvalue weighted by atomic mass is 10.1. The zero-order valence-corrected chi connectivity index (χ0v) is 11.6. The standard InChI is InChI=1S/C13H8BrN3O3/c14-11-4-8-7-2-1-6(17(19)20)3-9(7)13(16-18)10(8)5-12(11)15/h1-5,18H,15H2/b16-13-. The number of nitrogens with two attached hydrogens (primary N) is 1. The van der Waals surface area contributed by atoms with E-state index in [1.165, 1.54) is 12.1 Å². The summed E-state index contributed by atoms with van der Waals surface area (Å²) in [6.45, 7) is 0. The number of hydrogen-bond donors (Lipinski definition) is 2. The van der Waals surface area contributed by atoms with Crippen molar-refractivity contribution in [2.45, 2.75) is 0 Å². The van der Waals surface area contributed by atoms with E-state index in [1.54, 1.807) is 12.1 Å². The van der Waals surface area contributed by atoms with Crippen LogP contribution in [0.15, 0.2) is 40.0 Å². The first-order valence-electron chi connectivity index (χ1n) is 5.63. The highest BCUT2D eigenvalue weighted by atomic mass is 79.9. The zero-order valence-electron chi connectivity index (χ0n) is 10.0. The number of nitro groups is 1. The van der Waals surface area contributed by atoms with Crippen molar-refractivity contribution in [1.82, 2.24) is 0 Å². The maximum atomic E-state index is 10.9. The fourth-order valence-electron chi connectivity index (χ4n) is 2.34. The normalized spacial score (nSPS) is 14.2. The summed E-state index contributed by atoms with van der Waals surface area (Å²) in [5, 5.41) is 23.3.